The molecule has 0 saturated heterocycles. The van der Waals surface area contributed by atoms with Crippen molar-refractivity contribution >= 4 is 24.6 Å². The summed E-state index contributed by atoms with van der Waals surface area (Å²) in [7, 11) is 2.15. The minimum atomic E-state index is 0.384. The number of hydrogen-bond acceptors (Lipinski definition) is 4. The average Bonchev–Trinajstić information content (AvgIpc) is 3.31. The van der Waals surface area contributed by atoms with E-state index in [1.165, 1.54) is 55.1 Å². The van der Waals surface area contributed by atoms with E-state index in [4.69, 9.17) is 4.98 Å². The zero-order valence-corrected chi connectivity index (χ0v) is 23.5. The van der Waals surface area contributed by atoms with Gasteiger partial charge in [0, 0.05) is 37.2 Å². The van der Waals surface area contributed by atoms with Gasteiger partial charge in [0.2, 0.25) is 7.28 Å². The fourth-order valence-corrected chi connectivity index (χ4v) is 5.37. The van der Waals surface area contributed by atoms with Gasteiger partial charge in [0.1, 0.15) is 11.6 Å². The monoisotopic (exact) mass is 488 g/mol. The highest BCUT2D eigenvalue weighted by atomic mass is 16.1. The lowest BCUT2D eigenvalue weighted by atomic mass is 9.66. The number of ketones is 1. The molecule has 1 radical (unpaired) electrons. The second-order valence-corrected chi connectivity index (χ2v) is 11.3. The van der Waals surface area contributed by atoms with E-state index in [0.717, 1.165) is 49.3 Å². The highest BCUT2D eigenvalue weighted by Crippen LogP contribution is 2.29. The number of unbranched alkanes of at least 4 members (excludes halogenated alkanes) is 1. The van der Waals surface area contributed by atoms with Gasteiger partial charge in [0.25, 0.3) is 0 Å². The Hall–Kier alpha value is -2.17. The molecule has 1 aromatic rings. The molecule has 0 bridgehead atoms. The molecule has 0 aromatic carbocycles. The third-order valence-corrected chi connectivity index (χ3v) is 7.46. The number of anilines is 1. The number of aromatic nitrogens is 2. The maximum absolute atomic E-state index is 12.7. The Labute approximate surface area is 221 Å². The van der Waals surface area contributed by atoms with Crippen LogP contribution in [0.4, 0.5) is 5.82 Å². The first-order valence-corrected chi connectivity index (χ1v) is 14.4. The van der Waals surface area contributed by atoms with Crippen LogP contribution in [0, 0.1) is 12.8 Å². The van der Waals surface area contributed by atoms with Crippen molar-refractivity contribution in [3.63, 3.8) is 0 Å². The van der Waals surface area contributed by atoms with Crippen molar-refractivity contribution in [1.29, 1.82) is 0 Å². The molecule has 1 saturated carbocycles. The van der Waals surface area contributed by atoms with E-state index in [0.29, 0.717) is 30.6 Å². The molecule has 2 aliphatic rings. The van der Waals surface area contributed by atoms with Crippen molar-refractivity contribution in [2.24, 2.45) is 5.92 Å². The third-order valence-electron chi connectivity index (χ3n) is 7.46. The molecule has 5 heteroatoms. The summed E-state index contributed by atoms with van der Waals surface area (Å²) in [6, 6.07) is 0.473. The van der Waals surface area contributed by atoms with Gasteiger partial charge in [0.05, 0.1) is 5.72 Å². The van der Waals surface area contributed by atoms with Crippen LogP contribution in [0.25, 0.3) is 0 Å². The van der Waals surface area contributed by atoms with Crippen LogP contribution in [-0.4, -0.2) is 35.6 Å². The molecule has 0 unspecified atom stereocenters. The molecule has 0 spiro atoms. The van der Waals surface area contributed by atoms with Crippen molar-refractivity contribution in [2.45, 2.75) is 118 Å². The molecule has 1 heterocycles. The van der Waals surface area contributed by atoms with Crippen molar-refractivity contribution < 1.29 is 4.79 Å². The van der Waals surface area contributed by atoms with E-state index in [2.05, 4.69) is 70.0 Å². The number of Topliss-reactive ketones (excluding diaryl/α,β-unsaturated/α-hetero) is 1. The first kappa shape index (κ1) is 28.4. The first-order valence-electron chi connectivity index (χ1n) is 14.4. The number of carbonyl (C=O) groups excluding carboxylic acids is 1. The van der Waals surface area contributed by atoms with Crippen LogP contribution < -0.4 is 10.6 Å². The predicted octanol–water partition coefficient (Wildman–Crippen LogP) is 7.00. The predicted molar refractivity (Wildman–Crippen MR) is 154 cm³/mol. The van der Waals surface area contributed by atoms with E-state index >= 15 is 0 Å². The van der Waals surface area contributed by atoms with Crippen molar-refractivity contribution in [3.05, 3.63) is 46.6 Å². The van der Waals surface area contributed by atoms with Gasteiger partial charge < -0.3 is 4.90 Å². The zero-order valence-electron chi connectivity index (χ0n) is 23.5. The maximum Gasteiger partial charge on any atom is 0.238 e. The van der Waals surface area contributed by atoms with Gasteiger partial charge in [-0.15, -0.1) is 0 Å². The van der Waals surface area contributed by atoms with E-state index in [1.54, 1.807) is 0 Å². The van der Waals surface area contributed by atoms with Gasteiger partial charge in [0.15, 0.2) is 0 Å². The number of nitrogens with zero attached hydrogens (tertiary/aromatic N) is 3. The van der Waals surface area contributed by atoms with Crippen molar-refractivity contribution in [3.8, 4) is 0 Å². The molecular formula is C31H47BN3O. The first-order chi connectivity index (χ1) is 17.4. The lowest BCUT2D eigenvalue weighted by Crippen LogP contribution is -2.38. The summed E-state index contributed by atoms with van der Waals surface area (Å²) in [6.07, 6.45) is 21.6. The minimum Gasteiger partial charge on any atom is -0.353 e. The highest BCUT2D eigenvalue weighted by molar-refractivity contribution is 6.59. The normalized spacial score (nSPS) is 16.4. The third kappa shape index (κ3) is 9.05. The number of allylic oxidation sites excluding steroid dienone is 6. The molecule has 2 aliphatic carbocycles. The molecule has 0 N–H and O–H groups in total. The van der Waals surface area contributed by atoms with Gasteiger partial charge >= 0.3 is 0 Å². The Morgan fingerprint density at radius 1 is 1.14 bits per heavy atom. The summed E-state index contributed by atoms with van der Waals surface area (Å²) in [4.78, 5) is 24.9. The van der Waals surface area contributed by atoms with Crippen molar-refractivity contribution in [1.82, 2.24) is 9.97 Å². The number of aryl methyl sites for hydroxylation is 1. The Morgan fingerprint density at radius 2 is 1.92 bits per heavy atom. The van der Waals surface area contributed by atoms with Crippen molar-refractivity contribution in [2.75, 3.05) is 11.4 Å². The van der Waals surface area contributed by atoms with Crippen LogP contribution in [0.3, 0.4) is 0 Å². The lowest BCUT2D eigenvalue weighted by molar-refractivity contribution is -0.119. The summed E-state index contributed by atoms with van der Waals surface area (Å²) in [5.41, 5.74) is 5.93. The summed E-state index contributed by atoms with van der Waals surface area (Å²) in [5.74, 6) is 2.06. The highest BCUT2D eigenvalue weighted by Gasteiger charge is 2.26. The summed E-state index contributed by atoms with van der Waals surface area (Å²) < 4.78 is 0. The van der Waals surface area contributed by atoms with E-state index in [9.17, 15) is 4.79 Å². The van der Waals surface area contributed by atoms with Gasteiger partial charge in [-0.05, 0) is 58.3 Å². The summed E-state index contributed by atoms with van der Waals surface area (Å²) in [5, 5.41) is 0. The fraction of sp³-hybridized carbons (Fsp3) is 0.645. The Balaban J connectivity index is 1.73. The number of carbonyl (C=O) groups is 1. The topological polar surface area (TPSA) is 46.1 Å². The van der Waals surface area contributed by atoms with Crippen LogP contribution in [0.2, 0.25) is 0 Å². The molecule has 3 rings (SSSR count). The second-order valence-electron chi connectivity index (χ2n) is 11.3. The van der Waals surface area contributed by atoms with Crippen LogP contribution in [-0.2, 0) is 4.79 Å². The Bertz CT molecular complexity index is 957. The Morgan fingerprint density at radius 3 is 2.64 bits per heavy atom. The molecular weight excluding hydrogens is 441 g/mol. The molecule has 0 atom stereocenters. The number of rotatable bonds is 14. The second kappa shape index (κ2) is 14.5. The largest absolute Gasteiger partial charge is 0.353 e. The van der Waals surface area contributed by atoms with Crippen LogP contribution in [0.1, 0.15) is 110 Å². The molecule has 36 heavy (non-hydrogen) atoms. The zero-order chi connectivity index (χ0) is 25.9. The van der Waals surface area contributed by atoms with Gasteiger partial charge in [-0.25, -0.2) is 4.98 Å². The molecule has 0 amide bonds. The number of hydrogen-bond donors (Lipinski definition) is 0. The fourth-order valence-electron chi connectivity index (χ4n) is 5.37. The maximum atomic E-state index is 12.7. The Kier molecular flexibility index (Phi) is 11.5. The van der Waals surface area contributed by atoms with Crippen LogP contribution in [0.5, 0.6) is 0 Å². The van der Waals surface area contributed by atoms with E-state index < -0.39 is 0 Å². The van der Waals surface area contributed by atoms with Crippen LogP contribution >= 0.6 is 0 Å². The van der Waals surface area contributed by atoms with Gasteiger partial charge in [-0.3, -0.25) is 9.78 Å². The molecule has 1 fully saturated rings. The van der Waals surface area contributed by atoms with E-state index in [-0.39, 0.29) is 0 Å². The molecule has 195 valence electrons. The average molecular weight is 489 g/mol. The van der Waals surface area contributed by atoms with E-state index in [1.807, 2.05) is 6.20 Å². The van der Waals surface area contributed by atoms with Crippen LogP contribution in [0.15, 0.2) is 41.0 Å². The SMILES string of the molecule is CCCCC1=CC(C)=CC=C([B]c2ncc(C)c(N(CCC(=O)CCCC(C)C)C3CCCC3)n2)C1. The summed E-state index contributed by atoms with van der Waals surface area (Å²) >= 11 is 0. The summed E-state index contributed by atoms with van der Waals surface area (Å²) in [6.45, 7) is 11.7. The molecule has 4 nitrogen and oxygen atoms in total. The minimum absolute atomic E-state index is 0.384. The molecule has 0 aliphatic heterocycles. The van der Waals surface area contributed by atoms with Gasteiger partial charge in [-0.2, -0.15) is 0 Å². The smallest absolute Gasteiger partial charge is 0.238 e. The van der Waals surface area contributed by atoms with Gasteiger partial charge in [-0.1, -0.05) is 81.3 Å². The lowest BCUT2D eigenvalue weighted by Gasteiger charge is -2.31. The molecule has 1 aromatic heterocycles. The standard InChI is InChI=1S/C31H47BN3O/c1-6-7-12-26-20-24(4)16-17-27(21-26)32-31-33-22-25(5)30(34-31)35(28-13-8-9-14-28)19-18-29(36)15-10-11-23(2)3/h16-17,20,22-23,28H,6-15,18-19,21H2,1-5H3. The quantitative estimate of drug-likeness (QED) is 0.265.